The number of esters is 1. The molecule has 0 saturated carbocycles. The maximum absolute atomic E-state index is 12.8. The van der Waals surface area contributed by atoms with Crippen molar-refractivity contribution in [3.8, 4) is 11.5 Å². The van der Waals surface area contributed by atoms with Gasteiger partial charge in [0.1, 0.15) is 22.8 Å². The summed E-state index contributed by atoms with van der Waals surface area (Å²) in [5, 5.41) is 10.6. The van der Waals surface area contributed by atoms with Gasteiger partial charge in [-0.1, -0.05) is 42.5 Å². The molecule has 0 spiro atoms. The number of aromatic hydroxyl groups is 1. The van der Waals surface area contributed by atoms with Gasteiger partial charge >= 0.3 is 5.97 Å². The van der Waals surface area contributed by atoms with Crippen LogP contribution < -0.4 is 4.74 Å². The van der Waals surface area contributed by atoms with Crippen molar-refractivity contribution in [3.63, 3.8) is 0 Å². The van der Waals surface area contributed by atoms with Crippen LogP contribution in [0.25, 0.3) is 6.08 Å². The number of ether oxygens (including phenoxy) is 2. The highest BCUT2D eigenvalue weighted by Gasteiger charge is 2.21. The Morgan fingerprint density at radius 3 is 2.66 bits per heavy atom. The van der Waals surface area contributed by atoms with Crippen molar-refractivity contribution in [2.75, 3.05) is 6.61 Å². The van der Waals surface area contributed by atoms with Crippen molar-refractivity contribution >= 4 is 23.6 Å². The first kappa shape index (κ1) is 23.3. The van der Waals surface area contributed by atoms with Crippen LogP contribution in [0, 0.1) is 0 Å². The van der Waals surface area contributed by atoms with Crippen LogP contribution in [0.4, 0.5) is 0 Å². The smallest absolute Gasteiger partial charge is 0.342 e. The van der Waals surface area contributed by atoms with Crippen LogP contribution in [0.5, 0.6) is 11.5 Å². The summed E-state index contributed by atoms with van der Waals surface area (Å²) in [5.74, 6) is -0.615. The van der Waals surface area contributed by atoms with E-state index >= 15 is 0 Å². The Kier molecular flexibility index (Phi) is 8.20. The van der Waals surface area contributed by atoms with Crippen LogP contribution in [-0.2, 0) is 9.53 Å². The molecule has 1 N–H and O–H groups in total. The van der Waals surface area contributed by atoms with Gasteiger partial charge in [0.25, 0.3) is 0 Å². The molecule has 6 nitrogen and oxygen atoms in total. The quantitative estimate of drug-likeness (QED) is 0.527. The summed E-state index contributed by atoms with van der Waals surface area (Å²) in [6.45, 7) is 1.57. The lowest BCUT2D eigenvalue weighted by atomic mass is 10.0. The van der Waals surface area contributed by atoms with Gasteiger partial charge in [-0.25, -0.2) is 4.79 Å². The minimum atomic E-state index is -0.634. The summed E-state index contributed by atoms with van der Waals surface area (Å²) in [6, 6.07) is 11.7. The van der Waals surface area contributed by atoms with E-state index in [9.17, 15) is 19.5 Å². The monoisotopic (exact) mass is 436 g/mol. The molecule has 1 aliphatic heterocycles. The molecule has 0 radical (unpaired) electrons. The number of hydrogen-bond acceptors (Lipinski definition) is 6. The molecule has 0 aliphatic carbocycles. The second kappa shape index (κ2) is 11.3. The Morgan fingerprint density at radius 1 is 1.12 bits per heavy atom. The molecule has 2 aromatic carbocycles. The lowest BCUT2D eigenvalue weighted by Gasteiger charge is -2.16. The Labute approximate surface area is 187 Å². The Hall–Kier alpha value is -3.41. The fourth-order valence-electron chi connectivity index (χ4n) is 3.56. The SMILES string of the molecule is C[C@H]1CCCC(=O)CCC/C=C/c2cc(OCC(=O)c3ccccc3)cc(O)c2C(=O)O1. The largest absolute Gasteiger partial charge is 0.507 e. The van der Waals surface area contributed by atoms with Crippen molar-refractivity contribution in [1.82, 2.24) is 0 Å². The maximum Gasteiger partial charge on any atom is 0.342 e. The zero-order valence-electron chi connectivity index (χ0n) is 18.2. The van der Waals surface area contributed by atoms with Gasteiger partial charge in [0.15, 0.2) is 12.4 Å². The number of Topliss-reactive ketones (excluding diaryl/α,β-unsaturated/α-hetero) is 2. The zero-order valence-corrected chi connectivity index (χ0v) is 18.2. The van der Waals surface area contributed by atoms with Crippen LogP contribution in [0.2, 0.25) is 0 Å². The number of rotatable bonds is 4. The molecule has 0 saturated heterocycles. The first-order chi connectivity index (χ1) is 15.4. The highest BCUT2D eigenvalue weighted by atomic mass is 16.5. The van der Waals surface area contributed by atoms with E-state index < -0.39 is 5.97 Å². The number of phenolic OH excluding ortho intramolecular Hbond substituents is 1. The molecule has 32 heavy (non-hydrogen) atoms. The van der Waals surface area contributed by atoms with Crippen LogP contribution in [0.1, 0.15) is 71.7 Å². The first-order valence-corrected chi connectivity index (χ1v) is 10.9. The van der Waals surface area contributed by atoms with Crippen LogP contribution in [0.15, 0.2) is 48.5 Å². The van der Waals surface area contributed by atoms with Crippen LogP contribution >= 0.6 is 0 Å². The number of carbonyl (C=O) groups is 3. The Balaban J connectivity index is 1.82. The van der Waals surface area contributed by atoms with Crippen LogP contribution in [0.3, 0.4) is 0 Å². The number of fused-ring (bicyclic) bond motifs is 1. The molecule has 168 valence electrons. The second-order valence-electron chi connectivity index (χ2n) is 7.93. The number of ketones is 2. The summed E-state index contributed by atoms with van der Waals surface area (Å²) in [5.41, 5.74) is 1.03. The Morgan fingerprint density at radius 2 is 1.88 bits per heavy atom. The fraction of sp³-hybridized carbons (Fsp3) is 0.346. The number of benzene rings is 2. The molecule has 2 aromatic rings. The van der Waals surface area contributed by atoms with E-state index in [4.69, 9.17) is 9.47 Å². The minimum Gasteiger partial charge on any atom is -0.507 e. The molecule has 6 heteroatoms. The minimum absolute atomic E-state index is 0.0583. The standard InChI is InChI=1S/C26H28O6/c1-18-9-8-14-21(27)13-7-3-6-12-20-15-22(16-23(28)25(20)26(30)32-18)31-17-24(29)19-10-4-2-5-11-19/h2,4-6,10-12,15-16,18,28H,3,7-9,13-14,17H2,1H3/b12-6+/t18-/m0/s1. The maximum atomic E-state index is 12.8. The lowest BCUT2D eigenvalue weighted by molar-refractivity contribution is -0.119. The van der Waals surface area contributed by atoms with Crippen molar-refractivity contribution in [1.29, 1.82) is 0 Å². The average molecular weight is 437 g/mol. The number of cyclic esters (lactones) is 1. The van der Waals surface area contributed by atoms with Gasteiger partial charge in [-0.2, -0.15) is 0 Å². The van der Waals surface area contributed by atoms with E-state index in [2.05, 4.69) is 0 Å². The van der Waals surface area contributed by atoms with Crippen LogP contribution in [-0.4, -0.2) is 35.4 Å². The van der Waals surface area contributed by atoms with Crippen molar-refractivity contribution in [3.05, 3.63) is 65.2 Å². The highest BCUT2D eigenvalue weighted by molar-refractivity contribution is 5.98. The van der Waals surface area contributed by atoms with Gasteiger partial charge in [-0.3, -0.25) is 9.59 Å². The van der Waals surface area contributed by atoms with Gasteiger partial charge in [0, 0.05) is 24.5 Å². The van der Waals surface area contributed by atoms with E-state index in [1.165, 1.54) is 6.07 Å². The van der Waals surface area contributed by atoms with Crippen molar-refractivity contribution < 1.29 is 29.0 Å². The molecule has 3 rings (SSSR count). The average Bonchev–Trinajstić information content (AvgIpc) is 2.77. The normalized spacial score (nSPS) is 18.7. The van der Waals surface area contributed by atoms with E-state index in [1.54, 1.807) is 43.3 Å². The third-order valence-corrected chi connectivity index (χ3v) is 5.29. The summed E-state index contributed by atoms with van der Waals surface area (Å²) in [6.07, 6.45) is 6.80. The van der Waals surface area contributed by atoms with E-state index in [0.717, 1.165) is 6.42 Å². The summed E-state index contributed by atoms with van der Waals surface area (Å²) in [7, 11) is 0. The molecule has 0 unspecified atom stereocenters. The van der Waals surface area contributed by atoms with Crippen molar-refractivity contribution in [2.24, 2.45) is 0 Å². The molecular formula is C26H28O6. The van der Waals surface area contributed by atoms with Gasteiger partial charge in [-0.05, 0) is 44.2 Å². The molecule has 1 atom stereocenters. The summed E-state index contributed by atoms with van der Waals surface area (Å²) in [4.78, 5) is 37.0. The topological polar surface area (TPSA) is 89.9 Å². The first-order valence-electron chi connectivity index (χ1n) is 10.9. The van der Waals surface area contributed by atoms with Gasteiger partial charge in [0.2, 0.25) is 0 Å². The van der Waals surface area contributed by atoms with E-state index in [0.29, 0.717) is 43.2 Å². The van der Waals surface area contributed by atoms with Gasteiger partial charge < -0.3 is 14.6 Å². The predicted octanol–water partition coefficient (Wildman–Crippen LogP) is 5.14. The number of carbonyl (C=O) groups excluding carboxylic acids is 3. The van der Waals surface area contributed by atoms with Gasteiger partial charge in [0.05, 0.1) is 6.10 Å². The van der Waals surface area contributed by atoms with E-state index in [1.807, 2.05) is 12.1 Å². The number of hydrogen-bond donors (Lipinski definition) is 1. The van der Waals surface area contributed by atoms with E-state index in [-0.39, 0.29) is 41.3 Å². The Bertz CT molecular complexity index is 993. The summed E-state index contributed by atoms with van der Waals surface area (Å²) >= 11 is 0. The molecule has 0 amide bonds. The summed E-state index contributed by atoms with van der Waals surface area (Å²) < 4.78 is 11.1. The third kappa shape index (κ3) is 6.54. The molecular weight excluding hydrogens is 408 g/mol. The number of allylic oxidation sites excluding steroid dienone is 1. The molecule has 1 aliphatic rings. The lowest BCUT2D eigenvalue weighted by Crippen LogP contribution is -2.17. The molecule has 0 aromatic heterocycles. The molecule has 0 fully saturated rings. The van der Waals surface area contributed by atoms with Gasteiger partial charge in [-0.15, -0.1) is 0 Å². The molecule has 1 heterocycles. The predicted molar refractivity (Wildman–Crippen MR) is 121 cm³/mol. The second-order valence-corrected chi connectivity index (χ2v) is 7.93. The highest BCUT2D eigenvalue weighted by Crippen LogP contribution is 2.31. The zero-order chi connectivity index (χ0) is 22.9. The third-order valence-electron chi connectivity index (χ3n) is 5.29. The fourth-order valence-corrected chi connectivity index (χ4v) is 3.56. The molecule has 0 bridgehead atoms. The number of phenols is 1. The van der Waals surface area contributed by atoms with Crippen molar-refractivity contribution in [2.45, 2.75) is 51.6 Å².